The number of aromatic hydroxyl groups is 1. The summed E-state index contributed by atoms with van der Waals surface area (Å²) in [4.78, 5) is 2.78. The van der Waals surface area contributed by atoms with Crippen molar-refractivity contribution in [3.63, 3.8) is 0 Å². The first-order chi connectivity index (χ1) is 13.2. The Bertz CT molecular complexity index is 1030. The van der Waals surface area contributed by atoms with Crippen molar-refractivity contribution in [2.75, 3.05) is 5.73 Å². The van der Waals surface area contributed by atoms with Gasteiger partial charge in [-0.25, -0.2) is 0 Å². The average molecular weight is 392 g/mol. The number of rotatable bonds is 3. The van der Waals surface area contributed by atoms with Crippen molar-refractivity contribution in [1.29, 1.82) is 0 Å². The monoisotopic (exact) mass is 391 g/mol. The summed E-state index contributed by atoms with van der Waals surface area (Å²) in [6, 6.07) is 22.7. The van der Waals surface area contributed by atoms with Crippen LogP contribution in [0.4, 0.5) is 5.69 Å². The lowest BCUT2D eigenvalue weighted by molar-refractivity contribution is 0.470. The van der Waals surface area contributed by atoms with Gasteiger partial charge in [-0.2, -0.15) is 21.8 Å². The van der Waals surface area contributed by atoms with Gasteiger partial charge in [-0.05, 0) is 74.2 Å². The van der Waals surface area contributed by atoms with Crippen LogP contribution in [0.15, 0.2) is 87.3 Å². The number of phenolic OH excluding ortho intramolecular Hbond substituents is 1. The van der Waals surface area contributed by atoms with Gasteiger partial charge in [0.25, 0.3) is 0 Å². The number of fused-ring (bicyclic) bond motifs is 2. The molecule has 2 nitrogen and oxygen atoms in total. The number of nitrogen functional groups attached to an aromatic ring is 1. The van der Waals surface area contributed by atoms with Crippen molar-refractivity contribution in [1.82, 2.24) is 0 Å². The van der Waals surface area contributed by atoms with Gasteiger partial charge in [-0.1, -0.05) is 36.4 Å². The van der Waals surface area contributed by atoms with Crippen LogP contribution in [0.5, 0.6) is 5.75 Å². The largest absolute Gasteiger partial charge is 0.508 e. The first-order valence-corrected chi connectivity index (χ1v) is 11.9. The van der Waals surface area contributed by atoms with Gasteiger partial charge in [0.1, 0.15) is 5.75 Å². The molecule has 0 aromatic heterocycles. The van der Waals surface area contributed by atoms with Crippen LogP contribution < -0.4 is 5.73 Å². The van der Waals surface area contributed by atoms with Crippen molar-refractivity contribution in [3.8, 4) is 5.75 Å². The molecule has 0 radical (unpaired) electrons. The summed E-state index contributed by atoms with van der Waals surface area (Å²) in [6.45, 7) is 0. The lowest BCUT2D eigenvalue weighted by Crippen LogP contribution is -2.01. The zero-order chi connectivity index (χ0) is 18.4. The van der Waals surface area contributed by atoms with E-state index in [4.69, 9.17) is 5.73 Å². The van der Waals surface area contributed by atoms with Crippen molar-refractivity contribution < 1.29 is 5.11 Å². The van der Waals surface area contributed by atoms with Crippen molar-refractivity contribution in [3.05, 3.63) is 94.2 Å². The van der Waals surface area contributed by atoms with Gasteiger partial charge in [0.15, 0.2) is 0 Å². The maximum Gasteiger partial charge on any atom is 0.120 e. The zero-order valence-corrected chi connectivity index (χ0v) is 16.4. The van der Waals surface area contributed by atoms with Crippen LogP contribution in [0, 0.1) is 0 Å². The van der Waals surface area contributed by atoms with Crippen LogP contribution >= 0.6 is 21.8 Å². The Labute approximate surface area is 164 Å². The van der Waals surface area contributed by atoms with Crippen LogP contribution in [0.1, 0.15) is 21.3 Å². The third-order valence-corrected chi connectivity index (χ3v) is 11.1. The summed E-state index contributed by atoms with van der Waals surface area (Å²) in [5, 5.41) is 15.4. The molecule has 2 aliphatic rings. The van der Waals surface area contributed by atoms with E-state index in [0.29, 0.717) is 11.4 Å². The molecule has 2 unspecified atom stereocenters. The van der Waals surface area contributed by atoms with Gasteiger partial charge in [-0.15, -0.1) is 0 Å². The average Bonchev–Trinajstić information content (AvgIpc) is 3.30. The van der Waals surface area contributed by atoms with Gasteiger partial charge in [0.2, 0.25) is 0 Å². The molecule has 0 spiro atoms. The van der Waals surface area contributed by atoms with Gasteiger partial charge >= 0.3 is 0 Å². The lowest BCUT2D eigenvalue weighted by atomic mass is 10.2. The molecule has 3 aromatic carbocycles. The maximum absolute atomic E-state index is 10.7. The second-order valence-corrected chi connectivity index (χ2v) is 11.4. The molecule has 27 heavy (non-hydrogen) atoms. The predicted octanol–water partition coefficient (Wildman–Crippen LogP) is 6.06. The summed E-state index contributed by atoms with van der Waals surface area (Å²) in [5.41, 5.74) is 10.4. The van der Waals surface area contributed by atoms with Crippen LogP contribution in [0.25, 0.3) is 12.2 Å². The molecule has 0 aliphatic carbocycles. The summed E-state index contributed by atoms with van der Waals surface area (Å²) < 4.78 is 0.207. The maximum atomic E-state index is 10.7. The van der Waals surface area contributed by atoms with E-state index in [2.05, 4.69) is 71.5 Å². The summed E-state index contributed by atoms with van der Waals surface area (Å²) in [5.74, 6) is 0.342. The third kappa shape index (κ3) is 2.76. The van der Waals surface area contributed by atoms with Crippen molar-refractivity contribution in [2.45, 2.75) is 14.4 Å². The molecule has 0 saturated carbocycles. The fourth-order valence-electron chi connectivity index (χ4n) is 3.85. The molecule has 136 valence electrons. The van der Waals surface area contributed by atoms with E-state index < -0.39 is 21.8 Å². The normalized spacial score (nSPS) is 23.1. The molecule has 3 N–H and O–H groups in total. The highest BCUT2D eigenvalue weighted by molar-refractivity contribution is 8.35. The number of thiol groups is 2. The Morgan fingerprint density at radius 3 is 1.89 bits per heavy atom. The molecule has 2 aliphatic heterocycles. The van der Waals surface area contributed by atoms with Gasteiger partial charge in [-0.3, -0.25) is 0 Å². The Balaban J connectivity index is 1.69. The fourth-order valence-corrected chi connectivity index (χ4v) is 10.4. The molecule has 0 fully saturated rings. The Kier molecular flexibility index (Phi) is 4.03. The molecule has 3 aromatic rings. The highest BCUT2D eigenvalue weighted by Gasteiger charge is 2.33. The molecule has 0 saturated heterocycles. The van der Waals surface area contributed by atoms with E-state index >= 15 is 0 Å². The van der Waals surface area contributed by atoms with E-state index in [0.717, 1.165) is 5.56 Å². The van der Waals surface area contributed by atoms with E-state index in [-0.39, 0.29) is 4.58 Å². The molecule has 2 heterocycles. The Morgan fingerprint density at radius 1 is 0.741 bits per heavy atom. The SMILES string of the molecule is Nc1ccc(O)c(C([SH]2C=Cc3ccccc32)[SH]2C=Cc3ccccc32)c1. The molecule has 0 bridgehead atoms. The van der Waals surface area contributed by atoms with Gasteiger partial charge in [0.05, 0.1) is 4.58 Å². The predicted molar refractivity (Wildman–Crippen MR) is 121 cm³/mol. The van der Waals surface area contributed by atoms with E-state index in [1.54, 1.807) is 12.1 Å². The van der Waals surface area contributed by atoms with Crippen molar-refractivity contribution >= 4 is 39.6 Å². The minimum Gasteiger partial charge on any atom is -0.508 e. The standard InChI is InChI=1S/C23H21NOS2/c24-18-9-10-20(25)19(15-18)23(26-13-11-16-5-1-3-7-21(16)26)27-14-12-17-6-2-4-8-22(17)27/h1-15,23,25-27H,24H2. The number of hydrogen-bond acceptors (Lipinski definition) is 2. The first kappa shape index (κ1) is 16.6. The number of nitrogens with two attached hydrogens (primary N) is 1. The second kappa shape index (κ2) is 6.55. The minimum absolute atomic E-state index is 0.207. The molecule has 5 rings (SSSR count). The topological polar surface area (TPSA) is 46.2 Å². The van der Waals surface area contributed by atoms with Crippen LogP contribution in [0.3, 0.4) is 0 Å². The van der Waals surface area contributed by atoms with Gasteiger partial charge < -0.3 is 10.8 Å². The fraction of sp³-hybridized carbons (Fsp3) is 0.0435. The van der Waals surface area contributed by atoms with Gasteiger partial charge in [0, 0.05) is 11.3 Å². The van der Waals surface area contributed by atoms with Crippen LogP contribution in [-0.2, 0) is 0 Å². The van der Waals surface area contributed by atoms with E-state index in [1.165, 1.54) is 20.9 Å². The summed E-state index contributed by atoms with van der Waals surface area (Å²) in [7, 11) is -1.17. The smallest absolute Gasteiger partial charge is 0.120 e. The first-order valence-electron chi connectivity index (χ1n) is 8.92. The lowest BCUT2D eigenvalue weighted by Gasteiger charge is -2.35. The Morgan fingerprint density at radius 2 is 1.30 bits per heavy atom. The second-order valence-electron chi connectivity index (χ2n) is 6.76. The van der Waals surface area contributed by atoms with Crippen molar-refractivity contribution in [2.24, 2.45) is 0 Å². The van der Waals surface area contributed by atoms with Crippen LogP contribution in [0.2, 0.25) is 0 Å². The summed E-state index contributed by atoms with van der Waals surface area (Å²) >= 11 is 0. The third-order valence-electron chi connectivity index (χ3n) is 5.12. The number of hydrogen-bond donors (Lipinski definition) is 4. The van der Waals surface area contributed by atoms with E-state index in [1.807, 2.05) is 6.07 Å². The minimum atomic E-state index is -0.583. The summed E-state index contributed by atoms with van der Waals surface area (Å²) in [6.07, 6.45) is 4.47. The highest BCUT2D eigenvalue weighted by atomic mass is 32.3. The zero-order valence-electron chi connectivity index (χ0n) is 14.7. The van der Waals surface area contributed by atoms with Crippen LogP contribution in [-0.4, -0.2) is 5.11 Å². The molecular formula is C23H21NOS2. The molecule has 0 amide bonds. The quantitative estimate of drug-likeness (QED) is 0.249. The number of phenols is 1. The van der Waals surface area contributed by atoms with E-state index in [9.17, 15) is 5.11 Å². The highest BCUT2D eigenvalue weighted by Crippen LogP contribution is 2.70. The number of benzene rings is 3. The molecular weight excluding hydrogens is 370 g/mol. The Hall–Kier alpha value is -2.56. The number of anilines is 1. The molecule has 2 atom stereocenters. The molecule has 4 heteroatoms.